The zero-order valence-electron chi connectivity index (χ0n) is 13.5. The van der Waals surface area contributed by atoms with E-state index < -0.39 is 11.6 Å². The lowest BCUT2D eigenvalue weighted by atomic mass is 10.2. The summed E-state index contributed by atoms with van der Waals surface area (Å²) in [5.74, 6) is -0.956. The molecule has 0 atom stereocenters. The van der Waals surface area contributed by atoms with Crippen molar-refractivity contribution in [2.24, 2.45) is 0 Å². The Bertz CT molecular complexity index is 918. The summed E-state index contributed by atoms with van der Waals surface area (Å²) in [5, 5.41) is 8.94. The van der Waals surface area contributed by atoms with Gasteiger partial charge < -0.3 is 9.30 Å². The molecule has 0 amide bonds. The number of allylic oxidation sites excluding steroid dienone is 1. The molecule has 0 aliphatic carbocycles. The van der Waals surface area contributed by atoms with Gasteiger partial charge in [-0.3, -0.25) is 0 Å². The van der Waals surface area contributed by atoms with Crippen molar-refractivity contribution >= 4 is 10.9 Å². The summed E-state index contributed by atoms with van der Waals surface area (Å²) >= 11 is 0. The van der Waals surface area contributed by atoms with E-state index in [9.17, 15) is 8.78 Å². The van der Waals surface area contributed by atoms with Gasteiger partial charge in [-0.1, -0.05) is 6.08 Å². The van der Waals surface area contributed by atoms with Crippen molar-refractivity contribution in [1.29, 1.82) is 0 Å². The van der Waals surface area contributed by atoms with Gasteiger partial charge in [0.15, 0.2) is 0 Å². The number of nitrogens with zero attached hydrogens (tertiary/aromatic N) is 3. The first kappa shape index (κ1) is 16.1. The van der Waals surface area contributed by atoms with E-state index in [-0.39, 0.29) is 12.2 Å². The molecule has 24 heavy (non-hydrogen) atoms. The molecule has 0 bridgehead atoms. The van der Waals surface area contributed by atoms with Crippen LogP contribution >= 0.6 is 0 Å². The highest BCUT2D eigenvalue weighted by Gasteiger charge is 2.17. The Kier molecular flexibility index (Phi) is 4.29. The van der Waals surface area contributed by atoms with Crippen molar-refractivity contribution in [1.82, 2.24) is 14.8 Å². The summed E-state index contributed by atoms with van der Waals surface area (Å²) in [6, 6.07) is 3.39. The van der Waals surface area contributed by atoms with Crippen molar-refractivity contribution < 1.29 is 13.5 Å². The Hall–Kier alpha value is -2.76. The molecule has 0 fully saturated rings. The Labute approximate surface area is 138 Å². The highest BCUT2D eigenvalue weighted by Crippen LogP contribution is 2.30. The van der Waals surface area contributed by atoms with E-state index in [0.29, 0.717) is 12.4 Å². The molecule has 0 spiro atoms. The lowest BCUT2D eigenvalue weighted by Gasteiger charge is -2.10. The molecule has 0 N–H and O–H groups in total. The topological polar surface area (TPSA) is 39.9 Å². The monoisotopic (exact) mass is 329 g/mol. The lowest BCUT2D eigenvalue weighted by molar-refractivity contribution is 0.287. The van der Waals surface area contributed by atoms with Gasteiger partial charge in [0.25, 0.3) is 5.88 Å². The minimum absolute atomic E-state index is 0.0583. The van der Waals surface area contributed by atoms with Crippen LogP contribution in [-0.4, -0.2) is 14.8 Å². The van der Waals surface area contributed by atoms with E-state index in [2.05, 4.69) is 16.8 Å². The number of rotatable bonds is 5. The van der Waals surface area contributed by atoms with Crippen LogP contribution in [0, 0.1) is 25.5 Å². The number of aryl methyl sites for hydroxylation is 1. The second-order valence-electron chi connectivity index (χ2n) is 5.55. The number of fused-ring (bicyclic) bond motifs is 1. The van der Waals surface area contributed by atoms with Crippen molar-refractivity contribution in [2.75, 3.05) is 0 Å². The molecule has 2 aromatic heterocycles. The van der Waals surface area contributed by atoms with Gasteiger partial charge in [0, 0.05) is 29.3 Å². The van der Waals surface area contributed by atoms with E-state index in [1.165, 1.54) is 12.1 Å². The van der Waals surface area contributed by atoms with Crippen molar-refractivity contribution in [3.63, 3.8) is 0 Å². The minimum Gasteiger partial charge on any atom is -0.470 e. The standard InChI is InChI=1S/C18H17F2N3O/c1-4-7-23-12(3)11(2)15-9-21-22-18(17(15)23)24-10-13-5-6-14(19)8-16(13)20/h4-6,8-9H,1,7,10H2,2-3H3. The number of hydrogen-bond acceptors (Lipinski definition) is 3. The van der Waals surface area contributed by atoms with Crippen LogP contribution in [0.25, 0.3) is 10.9 Å². The fraction of sp³-hybridized carbons (Fsp3) is 0.222. The van der Waals surface area contributed by atoms with Crippen LogP contribution in [0.15, 0.2) is 37.1 Å². The second kappa shape index (κ2) is 6.39. The molecule has 0 unspecified atom stereocenters. The molecular weight excluding hydrogens is 312 g/mol. The van der Waals surface area contributed by atoms with Gasteiger partial charge in [-0.05, 0) is 31.5 Å². The average molecular weight is 329 g/mol. The number of ether oxygens (including phenoxy) is 1. The number of halogens is 2. The van der Waals surface area contributed by atoms with Crippen molar-refractivity contribution in [2.45, 2.75) is 27.0 Å². The maximum Gasteiger partial charge on any atom is 0.258 e. The predicted octanol–water partition coefficient (Wildman–Crippen LogP) is 4.09. The number of aromatic nitrogens is 3. The normalized spacial score (nSPS) is 11.0. The molecule has 0 saturated carbocycles. The quantitative estimate of drug-likeness (QED) is 0.662. The smallest absolute Gasteiger partial charge is 0.258 e. The van der Waals surface area contributed by atoms with E-state index in [1.807, 2.05) is 18.4 Å². The van der Waals surface area contributed by atoms with Gasteiger partial charge in [-0.15, -0.1) is 11.7 Å². The Morgan fingerprint density at radius 1 is 1.29 bits per heavy atom. The summed E-state index contributed by atoms with van der Waals surface area (Å²) in [5.41, 5.74) is 3.20. The fourth-order valence-corrected chi connectivity index (χ4v) is 2.70. The molecule has 4 nitrogen and oxygen atoms in total. The summed E-state index contributed by atoms with van der Waals surface area (Å²) < 4.78 is 34.5. The van der Waals surface area contributed by atoms with Crippen LogP contribution < -0.4 is 4.74 Å². The third kappa shape index (κ3) is 2.75. The largest absolute Gasteiger partial charge is 0.470 e. The van der Waals surface area contributed by atoms with Crippen LogP contribution in [0.4, 0.5) is 8.78 Å². The minimum atomic E-state index is -0.649. The molecule has 0 aliphatic rings. The van der Waals surface area contributed by atoms with E-state index in [0.717, 1.165) is 28.2 Å². The summed E-state index contributed by atoms with van der Waals surface area (Å²) in [7, 11) is 0. The molecule has 1 aromatic carbocycles. The molecule has 6 heteroatoms. The van der Waals surface area contributed by atoms with Crippen molar-refractivity contribution in [3.8, 4) is 5.88 Å². The third-order valence-corrected chi connectivity index (χ3v) is 4.11. The first-order valence-electron chi connectivity index (χ1n) is 7.51. The molecule has 3 rings (SSSR count). The van der Waals surface area contributed by atoms with Gasteiger partial charge in [0.2, 0.25) is 0 Å². The average Bonchev–Trinajstić information content (AvgIpc) is 2.80. The lowest BCUT2D eigenvalue weighted by Crippen LogP contribution is -2.04. The molecule has 124 valence electrons. The fourth-order valence-electron chi connectivity index (χ4n) is 2.70. The van der Waals surface area contributed by atoms with Gasteiger partial charge in [-0.25, -0.2) is 8.78 Å². The maximum atomic E-state index is 13.8. The molecule has 0 radical (unpaired) electrons. The maximum absolute atomic E-state index is 13.8. The molecular formula is C18H17F2N3O. The van der Waals surface area contributed by atoms with Crippen LogP contribution in [0.3, 0.4) is 0 Å². The van der Waals surface area contributed by atoms with E-state index in [4.69, 9.17) is 4.74 Å². The number of hydrogen-bond donors (Lipinski definition) is 0. The molecule has 2 heterocycles. The first-order valence-corrected chi connectivity index (χ1v) is 7.51. The zero-order valence-corrected chi connectivity index (χ0v) is 13.5. The SMILES string of the molecule is C=CCn1c(C)c(C)c2cnnc(OCc3ccc(F)cc3F)c21. The van der Waals surface area contributed by atoms with Crippen LogP contribution in [0.5, 0.6) is 5.88 Å². The van der Waals surface area contributed by atoms with Gasteiger partial charge >= 0.3 is 0 Å². The van der Waals surface area contributed by atoms with Gasteiger partial charge in [-0.2, -0.15) is 5.10 Å². The van der Waals surface area contributed by atoms with Crippen LogP contribution in [0.2, 0.25) is 0 Å². The highest BCUT2D eigenvalue weighted by molar-refractivity contribution is 5.88. The first-order chi connectivity index (χ1) is 11.5. The predicted molar refractivity (Wildman–Crippen MR) is 87.9 cm³/mol. The Morgan fingerprint density at radius 2 is 2.08 bits per heavy atom. The molecule has 0 aliphatic heterocycles. The van der Waals surface area contributed by atoms with E-state index >= 15 is 0 Å². The summed E-state index contributed by atoms with van der Waals surface area (Å²) in [6.45, 7) is 8.32. The molecule has 3 aromatic rings. The Balaban J connectivity index is 2.00. The van der Waals surface area contributed by atoms with Crippen LogP contribution in [-0.2, 0) is 13.2 Å². The van der Waals surface area contributed by atoms with Crippen LogP contribution in [0.1, 0.15) is 16.8 Å². The van der Waals surface area contributed by atoms with E-state index in [1.54, 1.807) is 12.3 Å². The van der Waals surface area contributed by atoms with Gasteiger partial charge in [0.1, 0.15) is 23.8 Å². The summed E-state index contributed by atoms with van der Waals surface area (Å²) in [6.07, 6.45) is 3.47. The second-order valence-corrected chi connectivity index (χ2v) is 5.55. The Morgan fingerprint density at radius 3 is 2.79 bits per heavy atom. The van der Waals surface area contributed by atoms with Gasteiger partial charge in [0.05, 0.1) is 6.20 Å². The van der Waals surface area contributed by atoms with Crippen molar-refractivity contribution in [3.05, 3.63) is 65.5 Å². The zero-order chi connectivity index (χ0) is 17.3. The summed E-state index contributed by atoms with van der Waals surface area (Å²) in [4.78, 5) is 0. The molecule has 0 saturated heterocycles. The highest BCUT2D eigenvalue weighted by atomic mass is 19.1. The third-order valence-electron chi connectivity index (χ3n) is 4.11. The number of benzene rings is 1.